The highest BCUT2D eigenvalue weighted by molar-refractivity contribution is 7.98. The highest BCUT2D eigenvalue weighted by Gasteiger charge is 2.16. The van der Waals surface area contributed by atoms with Crippen molar-refractivity contribution in [1.29, 1.82) is 0 Å². The third kappa shape index (κ3) is 3.15. The van der Waals surface area contributed by atoms with Crippen LogP contribution in [-0.2, 0) is 0 Å². The van der Waals surface area contributed by atoms with E-state index >= 15 is 0 Å². The van der Waals surface area contributed by atoms with E-state index < -0.39 is 0 Å². The van der Waals surface area contributed by atoms with Crippen molar-refractivity contribution >= 4 is 33.3 Å². The van der Waals surface area contributed by atoms with Crippen molar-refractivity contribution in [3.05, 3.63) is 42.5 Å². The van der Waals surface area contributed by atoms with Crippen LogP contribution in [0.25, 0.3) is 21.5 Å². The van der Waals surface area contributed by atoms with Crippen LogP contribution in [0.1, 0.15) is 0 Å². The molecule has 4 nitrogen and oxygen atoms in total. The minimum absolute atomic E-state index is 0.0402. The van der Waals surface area contributed by atoms with E-state index in [1.165, 1.54) is 0 Å². The molecular weight excluding hydrogens is 324 g/mol. The molecule has 0 spiro atoms. The predicted molar refractivity (Wildman–Crippen MR) is 98.4 cm³/mol. The van der Waals surface area contributed by atoms with Crippen LogP contribution in [-0.4, -0.2) is 42.9 Å². The number of hydrogen-bond donors (Lipinski definition) is 2. The van der Waals surface area contributed by atoms with E-state index in [1.807, 2.05) is 42.7 Å². The fourth-order valence-corrected chi connectivity index (χ4v) is 3.25. The van der Waals surface area contributed by atoms with Crippen molar-refractivity contribution in [3.8, 4) is 11.5 Å². The predicted octanol–water partition coefficient (Wildman–Crippen LogP) is 3.46. The summed E-state index contributed by atoms with van der Waals surface area (Å²) in [5, 5.41) is 22.1. The van der Waals surface area contributed by atoms with Crippen LogP contribution in [0.3, 0.4) is 0 Å². The van der Waals surface area contributed by atoms with E-state index in [1.54, 1.807) is 11.8 Å². The number of aliphatic hydroxyl groups excluding tert-OH is 2. The van der Waals surface area contributed by atoms with E-state index in [0.717, 1.165) is 37.9 Å². The quantitative estimate of drug-likeness (QED) is 0.508. The van der Waals surface area contributed by atoms with Crippen molar-refractivity contribution in [1.82, 2.24) is 0 Å². The third-order valence-corrected chi connectivity index (χ3v) is 4.53. The molecular formula is C19H20O4S. The van der Waals surface area contributed by atoms with E-state index in [4.69, 9.17) is 19.7 Å². The maximum absolute atomic E-state index is 9.16. The normalized spacial score (nSPS) is 11.1. The minimum atomic E-state index is -0.0409. The lowest BCUT2D eigenvalue weighted by atomic mass is 10.0. The lowest BCUT2D eigenvalue weighted by Gasteiger charge is -2.17. The second kappa shape index (κ2) is 7.75. The third-order valence-electron chi connectivity index (χ3n) is 3.81. The summed E-state index contributed by atoms with van der Waals surface area (Å²) in [4.78, 5) is 1.12. The van der Waals surface area contributed by atoms with Gasteiger partial charge in [0.25, 0.3) is 0 Å². The second-order valence-corrected chi connectivity index (χ2v) is 6.14. The molecule has 0 atom stereocenters. The van der Waals surface area contributed by atoms with E-state index in [9.17, 15) is 0 Å². The molecule has 0 saturated carbocycles. The van der Waals surface area contributed by atoms with Gasteiger partial charge in [0.05, 0.1) is 13.2 Å². The molecule has 0 radical (unpaired) electrons. The topological polar surface area (TPSA) is 58.9 Å². The van der Waals surface area contributed by atoms with Crippen molar-refractivity contribution in [2.75, 3.05) is 32.7 Å². The Bertz CT molecular complexity index is 848. The first-order chi connectivity index (χ1) is 11.8. The van der Waals surface area contributed by atoms with Gasteiger partial charge in [0.15, 0.2) is 0 Å². The van der Waals surface area contributed by atoms with Crippen LogP contribution in [0, 0.1) is 0 Å². The first kappa shape index (κ1) is 16.9. The van der Waals surface area contributed by atoms with Crippen LogP contribution >= 0.6 is 11.8 Å². The maximum atomic E-state index is 9.16. The van der Waals surface area contributed by atoms with E-state index in [0.29, 0.717) is 0 Å². The number of aliphatic hydroxyl groups is 2. The molecule has 0 aliphatic rings. The summed E-state index contributed by atoms with van der Waals surface area (Å²) in [5.74, 6) is 1.50. The summed E-state index contributed by atoms with van der Waals surface area (Å²) in [6.07, 6.45) is 2.03. The van der Waals surface area contributed by atoms with Crippen molar-refractivity contribution < 1.29 is 19.7 Å². The van der Waals surface area contributed by atoms with Gasteiger partial charge in [0, 0.05) is 26.4 Å². The molecule has 0 bridgehead atoms. The summed E-state index contributed by atoms with van der Waals surface area (Å²) < 4.78 is 11.7. The largest absolute Gasteiger partial charge is 0.490 e. The molecule has 0 unspecified atom stereocenters. The van der Waals surface area contributed by atoms with Gasteiger partial charge in [-0.25, -0.2) is 0 Å². The molecule has 3 rings (SSSR count). The Morgan fingerprint density at radius 1 is 0.792 bits per heavy atom. The Kier molecular flexibility index (Phi) is 5.45. The lowest BCUT2D eigenvalue weighted by Crippen LogP contribution is -2.05. The highest BCUT2D eigenvalue weighted by atomic mass is 32.2. The molecule has 24 heavy (non-hydrogen) atoms. The van der Waals surface area contributed by atoms with Crippen LogP contribution in [0.15, 0.2) is 47.4 Å². The summed E-state index contributed by atoms with van der Waals surface area (Å²) in [7, 11) is 0. The molecule has 5 heteroatoms. The smallest absolute Gasteiger partial charge is 0.135 e. The molecule has 2 N–H and O–H groups in total. The maximum Gasteiger partial charge on any atom is 0.135 e. The molecule has 3 aromatic carbocycles. The molecule has 0 aliphatic heterocycles. The van der Waals surface area contributed by atoms with Gasteiger partial charge in [0.2, 0.25) is 0 Å². The number of benzene rings is 3. The Labute approximate surface area is 145 Å². The van der Waals surface area contributed by atoms with E-state index in [2.05, 4.69) is 6.07 Å². The molecule has 0 aliphatic carbocycles. The fourth-order valence-electron chi connectivity index (χ4n) is 2.81. The van der Waals surface area contributed by atoms with Gasteiger partial charge in [-0.1, -0.05) is 24.3 Å². The van der Waals surface area contributed by atoms with Crippen molar-refractivity contribution in [3.63, 3.8) is 0 Å². The Morgan fingerprint density at radius 2 is 1.33 bits per heavy atom. The fraction of sp³-hybridized carbons (Fsp3) is 0.263. The SMILES string of the molecule is CSc1ccc2c(OCCO)c3ccccc3c(OCCO)c2c1. The van der Waals surface area contributed by atoms with Gasteiger partial charge in [-0.2, -0.15) is 0 Å². The molecule has 0 aromatic heterocycles. The average molecular weight is 344 g/mol. The van der Waals surface area contributed by atoms with Gasteiger partial charge in [-0.3, -0.25) is 0 Å². The van der Waals surface area contributed by atoms with Crippen LogP contribution in [0.4, 0.5) is 0 Å². The number of hydrogen-bond acceptors (Lipinski definition) is 5. The monoisotopic (exact) mass is 344 g/mol. The molecule has 126 valence electrons. The average Bonchev–Trinajstić information content (AvgIpc) is 2.64. The summed E-state index contributed by atoms with van der Waals surface area (Å²) >= 11 is 1.66. The summed E-state index contributed by atoms with van der Waals surface area (Å²) in [6, 6.07) is 14.0. The van der Waals surface area contributed by atoms with Crippen LogP contribution in [0.2, 0.25) is 0 Å². The number of thioether (sulfide) groups is 1. The first-order valence-electron chi connectivity index (χ1n) is 7.80. The molecule has 0 amide bonds. The minimum Gasteiger partial charge on any atom is -0.490 e. The molecule has 3 aromatic rings. The van der Waals surface area contributed by atoms with Gasteiger partial charge in [-0.05, 0) is 24.5 Å². The Balaban J connectivity index is 2.34. The number of fused-ring (bicyclic) bond motifs is 2. The second-order valence-electron chi connectivity index (χ2n) is 5.26. The number of rotatable bonds is 7. The van der Waals surface area contributed by atoms with Crippen LogP contribution < -0.4 is 9.47 Å². The zero-order chi connectivity index (χ0) is 16.9. The molecule has 0 fully saturated rings. The summed E-state index contributed by atoms with van der Waals surface area (Å²) in [5.41, 5.74) is 0. The van der Waals surface area contributed by atoms with E-state index in [-0.39, 0.29) is 26.4 Å². The van der Waals surface area contributed by atoms with Crippen molar-refractivity contribution in [2.45, 2.75) is 4.90 Å². The van der Waals surface area contributed by atoms with Gasteiger partial charge in [-0.15, -0.1) is 11.8 Å². The standard InChI is InChI=1S/C19H20O4S/c1-24-13-6-7-16-17(12-13)19(23-11-9-21)15-5-3-2-4-14(15)18(16)22-10-8-20/h2-7,12,20-21H,8-11H2,1H3. The highest BCUT2D eigenvalue weighted by Crippen LogP contribution is 2.43. The Morgan fingerprint density at radius 3 is 1.88 bits per heavy atom. The van der Waals surface area contributed by atoms with Gasteiger partial charge < -0.3 is 19.7 Å². The molecule has 0 heterocycles. The van der Waals surface area contributed by atoms with Crippen molar-refractivity contribution in [2.24, 2.45) is 0 Å². The molecule has 0 saturated heterocycles. The zero-order valence-electron chi connectivity index (χ0n) is 13.5. The van der Waals surface area contributed by atoms with Crippen LogP contribution in [0.5, 0.6) is 11.5 Å². The zero-order valence-corrected chi connectivity index (χ0v) is 14.3. The van der Waals surface area contributed by atoms with Gasteiger partial charge in [0.1, 0.15) is 24.7 Å². The first-order valence-corrected chi connectivity index (χ1v) is 9.02. The number of ether oxygens (including phenoxy) is 2. The van der Waals surface area contributed by atoms with Gasteiger partial charge >= 0.3 is 0 Å². The lowest BCUT2D eigenvalue weighted by molar-refractivity contribution is 0.202. The Hall–Kier alpha value is -1.95. The summed E-state index contributed by atoms with van der Waals surface area (Å²) in [6.45, 7) is 0.391.